The van der Waals surface area contributed by atoms with Gasteiger partial charge in [0.25, 0.3) is 5.91 Å². The highest BCUT2D eigenvalue weighted by atomic mass is 32.2. The van der Waals surface area contributed by atoms with Crippen molar-refractivity contribution >= 4 is 34.5 Å². The van der Waals surface area contributed by atoms with Crippen LogP contribution in [0.15, 0.2) is 23.1 Å². The molecule has 0 spiro atoms. The van der Waals surface area contributed by atoms with Crippen LogP contribution in [-0.2, 0) is 4.79 Å². The van der Waals surface area contributed by atoms with E-state index in [0.717, 1.165) is 16.2 Å². The molecule has 88 valence electrons. The van der Waals surface area contributed by atoms with Crippen LogP contribution >= 0.6 is 23.5 Å². The molecule has 1 amide bonds. The van der Waals surface area contributed by atoms with E-state index >= 15 is 0 Å². The Morgan fingerprint density at radius 2 is 2.18 bits per heavy atom. The van der Waals surface area contributed by atoms with E-state index in [9.17, 15) is 9.59 Å². The molecule has 0 radical (unpaired) electrons. The first-order chi connectivity index (χ1) is 8.16. The molecule has 2 aliphatic heterocycles. The first kappa shape index (κ1) is 11.2. The molecule has 1 saturated heterocycles. The molecule has 3 rings (SSSR count). The summed E-state index contributed by atoms with van der Waals surface area (Å²) in [5.41, 5.74) is 1.73. The predicted octanol–water partition coefficient (Wildman–Crippen LogP) is 2.14. The normalized spacial score (nSPS) is 23.4. The first-order valence-corrected chi connectivity index (χ1v) is 7.35. The van der Waals surface area contributed by atoms with Crippen molar-refractivity contribution in [1.29, 1.82) is 0 Å². The lowest BCUT2D eigenvalue weighted by molar-refractivity contribution is -0.113. The molecule has 1 aromatic rings. The summed E-state index contributed by atoms with van der Waals surface area (Å²) in [6.45, 7) is 1.96. The minimum Gasteiger partial charge on any atom is -0.318 e. The maximum absolute atomic E-state index is 12.4. The van der Waals surface area contributed by atoms with E-state index in [1.165, 1.54) is 11.8 Å². The molecular formula is C12H11NO2S2. The lowest BCUT2D eigenvalue weighted by Crippen LogP contribution is -2.39. The molecule has 1 atom stereocenters. The van der Waals surface area contributed by atoms with Gasteiger partial charge in [0.2, 0.25) is 5.12 Å². The lowest BCUT2D eigenvalue weighted by Gasteiger charge is -2.19. The maximum atomic E-state index is 12.4. The van der Waals surface area contributed by atoms with Gasteiger partial charge in [-0.1, -0.05) is 11.6 Å². The number of thioether (sulfide) groups is 2. The number of carbonyl (C=O) groups excluding carboxylic acids is 2. The summed E-state index contributed by atoms with van der Waals surface area (Å²) in [4.78, 5) is 26.9. The number of aryl methyl sites for hydroxylation is 1. The number of fused-ring (bicyclic) bond motifs is 2. The zero-order chi connectivity index (χ0) is 12.0. The molecule has 1 aromatic carbocycles. The molecule has 0 unspecified atom stereocenters. The predicted molar refractivity (Wildman–Crippen MR) is 69.3 cm³/mol. The van der Waals surface area contributed by atoms with Gasteiger partial charge < -0.3 is 4.90 Å². The fourth-order valence-corrected chi connectivity index (χ4v) is 4.28. The van der Waals surface area contributed by atoms with Crippen LogP contribution in [0.2, 0.25) is 0 Å². The Balaban J connectivity index is 2.12. The Hall–Kier alpha value is -0.940. The van der Waals surface area contributed by atoms with Crippen molar-refractivity contribution in [3.8, 4) is 0 Å². The van der Waals surface area contributed by atoms with Crippen molar-refractivity contribution in [3.05, 3.63) is 29.3 Å². The SMILES string of the molecule is Cc1ccc2c(c1)C(=O)N1CSC[C@@H]1C(=O)S2. The number of carbonyl (C=O) groups is 2. The van der Waals surface area contributed by atoms with Crippen LogP contribution in [0.25, 0.3) is 0 Å². The number of hydrogen-bond donors (Lipinski definition) is 0. The summed E-state index contributed by atoms with van der Waals surface area (Å²) in [6.07, 6.45) is 0. The van der Waals surface area contributed by atoms with Crippen LogP contribution in [0.4, 0.5) is 0 Å². The Morgan fingerprint density at radius 3 is 3.00 bits per heavy atom. The molecule has 2 aliphatic rings. The molecule has 0 bridgehead atoms. The molecule has 0 aliphatic carbocycles. The van der Waals surface area contributed by atoms with Gasteiger partial charge in [0.05, 0.1) is 11.4 Å². The standard InChI is InChI=1S/C12H11NO2S2/c1-7-2-3-10-8(4-7)11(14)13-6-16-5-9(13)12(15)17-10/h2-4,9H,5-6H2,1H3/t9-/m1/s1. The average Bonchev–Trinajstić information content (AvgIpc) is 2.76. The first-order valence-electron chi connectivity index (χ1n) is 5.38. The van der Waals surface area contributed by atoms with Crippen LogP contribution in [0, 0.1) is 6.92 Å². The van der Waals surface area contributed by atoms with Crippen LogP contribution in [0.1, 0.15) is 15.9 Å². The summed E-state index contributed by atoms with van der Waals surface area (Å²) in [5.74, 6) is 1.35. The molecule has 0 aromatic heterocycles. The smallest absolute Gasteiger partial charge is 0.256 e. The highest BCUT2D eigenvalue weighted by Gasteiger charge is 2.39. The summed E-state index contributed by atoms with van der Waals surface area (Å²) in [7, 11) is 0. The van der Waals surface area contributed by atoms with E-state index in [4.69, 9.17) is 0 Å². The summed E-state index contributed by atoms with van der Waals surface area (Å²) >= 11 is 2.85. The number of hydrogen-bond acceptors (Lipinski definition) is 4. The Kier molecular flexibility index (Phi) is 2.67. The summed E-state index contributed by atoms with van der Waals surface area (Å²) in [5, 5.41) is 0.0888. The molecule has 1 fully saturated rings. The van der Waals surface area contributed by atoms with Crippen molar-refractivity contribution in [3.63, 3.8) is 0 Å². The van der Waals surface area contributed by atoms with Crippen LogP contribution in [0.5, 0.6) is 0 Å². The van der Waals surface area contributed by atoms with Crippen molar-refractivity contribution in [2.75, 3.05) is 11.6 Å². The van der Waals surface area contributed by atoms with Gasteiger partial charge in [0.1, 0.15) is 6.04 Å². The number of amides is 1. The minimum absolute atomic E-state index is 0.00273. The minimum atomic E-state index is -0.245. The largest absolute Gasteiger partial charge is 0.318 e. The second-order valence-corrected chi connectivity index (χ2v) is 6.26. The monoisotopic (exact) mass is 265 g/mol. The van der Waals surface area contributed by atoms with E-state index in [1.54, 1.807) is 16.7 Å². The van der Waals surface area contributed by atoms with Crippen molar-refractivity contribution in [2.24, 2.45) is 0 Å². The highest BCUT2D eigenvalue weighted by Crippen LogP contribution is 2.36. The fraction of sp³-hybridized carbons (Fsp3) is 0.333. The van der Waals surface area contributed by atoms with E-state index in [1.807, 2.05) is 25.1 Å². The van der Waals surface area contributed by atoms with E-state index in [0.29, 0.717) is 11.4 Å². The molecule has 2 heterocycles. The second-order valence-electron chi connectivity index (χ2n) is 4.21. The highest BCUT2D eigenvalue weighted by molar-refractivity contribution is 8.14. The van der Waals surface area contributed by atoms with Gasteiger partial charge in [0.15, 0.2) is 0 Å². The van der Waals surface area contributed by atoms with Gasteiger partial charge in [-0.05, 0) is 30.8 Å². The van der Waals surface area contributed by atoms with Crippen molar-refractivity contribution in [2.45, 2.75) is 17.9 Å². The summed E-state index contributed by atoms with van der Waals surface area (Å²) in [6, 6.07) is 5.45. The third-order valence-electron chi connectivity index (χ3n) is 2.99. The molecule has 17 heavy (non-hydrogen) atoms. The topological polar surface area (TPSA) is 37.4 Å². The van der Waals surface area contributed by atoms with E-state index < -0.39 is 0 Å². The number of nitrogens with zero attached hydrogens (tertiary/aromatic N) is 1. The maximum Gasteiger partial charge on any atom is 0.256 e. The van der Waals surface area contributed by atoms with E-state index in [2.05, 4.69) is 0 Å². The van der Waals surface area contributed by atoms with Gasteiger partial charge >= 0.3 is 0 Å². The van der Waals surface area contributed by atoms with Crippen LogP contribution in [-0.4, -0.2) is 33.6 Å². The number of rotatable bonds is 0. The lowest BCUT2D eigenvalue weighted by atomic mass is 10.1. The third kappa shape index (κ3) is 1.77. The van der Waals surface area contributed by atoms with Gasteiger partial charge in [-0.2, -0.15) is 0 Å². The quantitative estimate of drug-likeness (QED) is 0.720. The zero-order valence-electron chi connectivity index (χ0n) is 9.30. The van der Waals surface area contributed by atoms with Gasteiger partial charge in [-0.15, -0.1) is 11.8 Å². The zero-order valence-corrected chi connectivity index (χ0v) is 10.9. The average molecular weight is 265 g/mol. The van der Waals surface area contributed by atoms with Crippen LogP contribution in [0.3, 0.4) is 0 Å². The van der Waals surface area contributed by atoms with Crippen molar-refractivity contribution in [1.82, 2.24) is 4.90 Å². The van der Waals surface area contributed by atoms with Crippen LogP contribution < -0.4 is 0 Å². The molecule has 0 saturated carbocycles. The Bertz CT molecular complexity index is 515. The van der Waals surface area contributed by atoms with Gasteiger partial charge in [0, 0.05) is 10.6 Å². The van der Waals surface area contributed by atoms with E-state index in [-0.39, 0.29) is 17.1 Å². The summed E-state index contributed by atoms with van der Waals surface area (Å²) < 4.78 is 0. The molecular weight excluding hydrogens is 254 g/mol. The Morgan fingerprint density at radius 1 is 1.35 bits per heavy atom. The Labute approximate surface area is 108 Å². The van der Waals surface area contributed by atoms with Gasteiger partial charge in [-0.3, -0.25) is 9.59 Å². The molecule has 0 N–H and O–H groups in total. The van der Waals surface area contributed by atoms with Crippen molar-refractivity contribution < 1.29 is 9.59 Å². The molecule has 5 heteroatoms. The third-order valence-corrected chi connectivity index (χ3v) is 5.05. The number of benzene rings is 1. The fourth-order valence-electron chi connectivity index (χ4n) is 2.07. The molecule has 3 nitrogen and oxygen atoms in total. The second kappa shape index (κ2) is 4.07. The van der Waals surface area contributed by atoms with Gasteiger partial charge in [-0.25, -0.2) is 0 Å².